The molecule has 0 saturated carbocycles. The van der Waals surface area contributed by atoms with Crippen molar-refractivity contribution in [2.24, 2.45) is 0 Å². The van der Waals surface area contributed by atoms with E-state index in [0.29, 0.717) is 17.9 Å². The first-order valence-corrected chi connectivity index (χ1v) is 7.34. The van der Waals surface area contributed by atoms with E-state index in [0.717, 1.165) is 11.1 Å². The Morgan fingerprint density at radius 3 is 2.61 bits per heavy atom. The van der Waals surface area contributed by atoms with Crippen LogP contribution < -0.4 is 5.32 Å². The molecular weight excluding hydrogens is 295 g/mol. The number of pyridine rings is 1. The molecule has 23 heavy (non-hydrogen) atoms. The Balaban J connectivity index is 1.71. The van der Waals surface area contributed by atoms with Crippen molar-refractivity contribution in [2.75, 3.05) is 6.61 Å². The second-order valence-corrected chi connectivity index (χ2v) is 5.17. The van der Waals surface area contributed by atoms with E-state index in [9.17, 15) is 9.50 Å². The van der Waals surface area contributed by atoms with Gasteiger partial charge in [0.2, 0.25) is 0 Å². The van der Waals surface area contributed by atoms with Gasteiger partial charge in [-0.3, -0.25) is 4.98 Å². The number of hydrogen-bond acceptors (Lipinski definition) is 4. The molecule has 0 saturated heterocycles. The van der Waals surface area contributed by atoms with Crippen molar-refractivity contribution in [1.82, 2.24) is 10.3 Å². The molecule has 0 spiro atoms. The van der Waals surface area contributed by atoms with Crippen LogP contribution in [0, 0.1) is 5.82 Å². The van der Waals surface area contributed by atoms with Gasteiger partial charge in [-0.2, -0.15) is 0 Å². The number of nitrogens with zero attached hydrogens (tertiary/aromatic N) is 1. The average Bonchev–Trinajstić information content (AvgIpc) is 3.12. The zero-order chi connectivity index (χ0) is 16.1. The summed E-state index contributed by atoms with van der Waals surface area (Å²) >= 11 is 0. The molecule has 2 N–H and O–H groups in total. The summed E-state index contributed by atoms with van der Waals surface area (Å²) in [6.45, 7) is 0.179. The van der Waals surface area contributed by atoms with Crippen LogP contribution in [0.4, 0.5) is 4.39 Å². The molecule has 1 atom stereocenters. The zero-order valence-electron chi connectivity index (χ0n) is 12.4. The molecule has 0 radical (unpaired) electrons. The van der Waals surface area contributed by atoms with Crippen molar-refractivity contribution in [2.45, 2.75) is 12.6 Å². The summed E-state index contributed by atoms with van der Waals surface area (Å²) in [6.07, 6.45) is 4.90. The van der Waals surface area contributed by atoms with Gasteiger partial charge in [-0.25, -0.2) is 4.39 Å². The maximum atomic E-state index is 14.3. The van der Waals surface area contributed by atoms with Gasteiger partial charge in [0.05, 0.1) is 18.9 Å². The monoisotopic (exact) mass is 312 g/mol. The van der Waals surface area contributed by atoms with Crippen molar-refractivity contribution in [1.29, 1.82) is 0 Å². The first-order chi connectivity index (χ1) is 11.3. The minimum Gasteiger partial charge on any atom is -0.468 e. The summed E-state index contributed by atoms with van der Waals surface area (Å²) in [6, 6.07) is 12.0. The second-order valence-electron chi connectivity index (χ2n) is 5.17. The highest BCUT2D eigenvalue weighted by Gasteiger charge is 2.13. The van der Waals surface area contributed by atoms with E-state index in [2.05, 4.69) is 10.3 Å². The highest BCUT2D eigenvalue weighted by Crippen LogP contribution is 2.22. The van der Waals surface area contributed by atoms with Crippen LogP contribution in [0.15, 0.2) is 65.5 Å². The molecule has 0 fully saturated rings. The fourth-order valence-corrected chi connectivity index (χ4v) is 2.39. The summed E-state index contributed by atoms with van der Waals surface area (Å²) in [4.78, 5) is 3.96. The van der Waals surface area contributed by atoms with Crippen molar-refractivity contribution in [3.05, 3.63) is 78.3 Å². The van der Waals surface area contributed by atoms with E-state index in [4.69, 9.17) is 4.42 Å². The average molecular weight is 312 g/mol. The number of nitrogens with one attached hydrogen (secondary N) is 1. The fourth-order valence-electron chi connectivity index (χ4n) is 2.39. The molecule has 4 nitrogen and oxygen atoms in total. The third-order valence-electron chi connectivity index (χ3n) is 3.67. The van der Waals surface area contributed by atoms with E-state index in [1.165, 1.54) is 6.07 Å². The van der Waals surface area contributed by atoms with Gasteiger partial charge in [0, 0.05) is 24.5 Å². The number of aliphatic hydroxyl groups excluding tert-OH is 1. The molecule has 3 rings (SSSR count). The summed E-state index contributed by atoms with van der Waals surface area (Å²) in [5.41, 5.74) is 2.26. The number of aliphatic hydroxyl groups is 1. The van der Waals surface area contributed by atoms with Crippen LogP contribution in [0.3, 0.4) is 0 Å². The number of halogens is 1. The summed E-state index contributed by atoms with van der Waals surface area (Å²) in [5, 5.41) is 12.5. The third-order valence-corrected chi connectivity index (χ3v) is 3.67. The molecule has 0 aliphatic carbocycles. The Bertz CT molecular complexity index is 745. The maximum absolute atomic E-state index is 14.3. The standard InChI is InChI=1S/C18H17FN2O2/c19-16-10-14(13-5-7-20-8-6-13)3-4-15(16)11-21-17(12-22)18-2-1-9-23-18/h1-10,17,21-22H,11-12H2. The molecule has 5 heteroatoms. The Morgan fingerprint density at radius 2 is 1.96 bits per heavy atom. The van der Waals surface area contributed by atoms with E-state index >= 15 is 0 Å². The van der Waals surface area contributed by atoms with Gasteiger partial charge < -0.3 is 14.8 Å². The van der Waals surface area contributed by atoms with Gasteiger partial charge in [0.25, 0.3) is 0 Å². The molecular formula is C18H17FN2O2. The van der Waals surface area contributed by atoms with Crippen LogP contribution in [-0.4, -0.2) is 16.7 Å². The third kappa shape index (κ3) is 3.64. The highest BCUT2D eigenvalue weighted by atomic mass is 19.1. The van der Waals surface area contributed by atoms with Gasteiger partial charge in [-0.15, -0.1) is 0 Å². The normalized spacial score (nSPS) is 12.3. The maximum Gasteiger partial charge on any atom is 0.128 e. The molecule has 0 bridgehead atoms. The lowest BCUT2D eigenvalue weighted by Crippen LogP contribution is -2.24. The van der Waals surface area contributed by atoms with Crippen molar-refractivity contribution < 1.29 is 13.9 Å². The predicted octanol–water partition coefficient (Wildman–Crippen LogP) is 3.30. The first kappa shape index (κ1) is 15.4. The van der Waals surface area contributed by atoms with Crippen LogP contribution in [0.1, 0.15) is 17.4 Å². The van der Waals surface area contributed by atoms with Crippen molar-refractivity contribution >= 4 is 0 Å². The molecule has 0 amide bonds. The zero-order valence-corrected chi connectivity index (χ0v) is 12.4. The fraction of sp³-hybridized carbons (Fsp3) is 0.167. The molecule has 2 heterocycles. The van der Waals surface area contributed by atoms with E-state index in [-0.39, 0.29) is 18.5 Å². The van der Waals surface area contributed by atoms with E-state index < -0.39 is 0 Å². The Hall–Kier alpha value is -2.50. The number of aromatic nitrogens is 1. The quantitative estimate of drug-likeness (QED) is 0.733. The molecule has 1 aromatic carbocycles. The summed E-state index contributed by atoms with van der Waals surface area (Å²) in [7, 11) is 0. The van der Waals surface area contributed by atoms with Gasteiger partial charge in [0.1, 0.15) is 11.6 Å². The molecule has 118 valence electrons. The largest absolute Gasteiger partial charge is 0.468 e. The molecule has 0 aliphatic rings. The molecule has 3 aromatic rings. The minimum absolute atomic E-state index is 0.121. The number of furan rings is 1. The van der Waals surface area contributed by atoms with Crippen LogP contribution >= 0.6 is 0 Å². The van der Waals surface area contributed by atoms with Gasteiger partial charge in [-0.1, -0.05) is 12.1 Å². The first-order valence-electron chi connectivity index (χ1n) is 7.34. The second kappa shape index (κ2) is 7.17. The molecule has 0 aliphatic heterocycles. The van der Waals surface area contributed by atoms with Crippen molar-refractivity contribution in [3.8, 4) is 11.1 Å². The van der Waals surface area contributed by atoms with Crippen LogP contribution in [0.2, 0.25) is 0 Å². The van der Waals surface area contributed by atoms with E-state index in [1.807, 2.05) is 18.2 Å². The summed E-state index contributed by atoms with van der Waals surface area (Å²) in [5.74, 6) is 0.337. The van der Waals surface area contributed by atoms with Crippen molar-refractivity contribution in [3.63, 3.8) is 0 Å². The number of benzene rings is 1. The molecule has 1 unspecified atom stereocenters. The van der Waals surface area contributed by atoms with E-state index in [1.54, 1.807) is 36.9 Å². The van der Waals surface area contributed by atoms with Gasteiger partial charge in [-0.05, 0) is 41.5 Å². The lowest BCUT2D eigenvalue weighted by atomic mass is 10.0. The summed E-state index contributed by atoms with van der Waals surface area (Å²) < 4.78 is 19.6. The SMILES string of the molecule is OCC(NCc1ccc(-c2ccncc2)cc1F)c1ccco1. The predicted molar refractivity (Wildman–Crippen MR) is 85.0 cm³/mol. The van der Waals surface area contributed by atoms with Gasteiger partial charge in [0.15, 0.2) is 0 Å². The van der Waals surface area contributed by atoms with Crippen LogP contribution in [0.25, 0.3) is 11.1 Å². The Kier molecular flexibility index (Phi) is 4.80. The van der Waals surface area contributed by atoms with Gasteiger partial charge >= 0.3 is 0 Å². The number of hydrogen-bond donors (Lipinski definition) is 2. The lowest BCUT2D eigenvalue weighted by Gasteiger charge is -2.14. The Morgan fingerprint density at radius 1 is 1.13 bits per heavy atom. The smallest absolute Gasteiger partial charge is 0.128 e. The minimum atomic E-state index is -0.357. The van der Waals surface area contributed by atoms with Crippen LogP contribution in [-0.2, 0) is 6.54 Å². The van der Waals surface area contributed by atoms with Crippen LogP contribution in [0.5, 0.6) is 0 Å². The highest BCUT2D eigenvalue weighted by molar-refractivity contribution is 5.63. The molecule has 2 aromatic heterocycles. The topological polar surface area (TPSA) is 58.3 Å². The lowest BCUT2D eigenvalue weighted by molar-refractivity contribution is 0.225. The number of rotatable bonds is 6. The Labute approximate surface area is 133 Å².